The van der Waals surface area contributed by atoms with Crippen molar-refractivity contribution < 1.29 is 14.3 Å². The predicted octanol–water partition coefficient (Wildman–Crippen LogP) is 4.29. The Hall–Kier alpha value is -3.35. The molecule has 0 bridgehead atoms. The smallest absolute Gasteiger partial charge is 0.229 e. The number of thiazole rings is 1. The van der Waals surface area contributed by atoms with Gasteiger partial charge in [-0.1, -0.05) is 47.3 Å². The summed E-state index contributed by atoms with van der Waals surface area (Å²) in [7, 11) is -0.378. The Labute approximate surface area is 262 Å². The van der Waals surface area contributed by atoms with Crippen LogP contribution in [0.5, 0.6) is 5.75 Å². The first-order valence-corrected chi connectivity index (χ1v) is 17.0. The number of halogens is 1. The highest BCUT2D eigenvalue weighted by Gasteiger charge is 2.22. The number of ether oxygens (including phenoxy) is 2. The van der Waals surface area contributed by atoms with E-state index in [-0.39, 0.29) is 16.4 Å². The van der Waals surface area contributed by atoms with E-state index < -0.39 is 0 Å². The largest absolute Gasteiger partial charge is 0.486 e. The van der Waals surface area contributed by atoms with Crippen LogP contribution >= 0.6 is 33.4 Å². The third-order valence-corrected chi connectivity index (χ3v) is 10.2. The van der Waals surface area contributed by atoms with Crippen LogP contribution in [0.1, 0.15) is 16.8 Å². The molecule has 1 amide bonds. The van der Waals surface area contributed by atoms with Crippen LogP contribution < -0.4 is 15.5 Å². The van der Waals surface area contributed by atoms with Gasteiger partial charge in [0.15, 0.2) is 5.49 Å². The van der Waals surface area contributed by atoms with Gasteiger partial charge < -0.3 is 19.4 Å². The molecule has 0 aliphatic carbocycles. The van der Waals surface area contributed by atoms with Gasteiger partial charge in [0.25, 0.3) is 0 Å². The Morgan fingerprint density at radius 1 is 1.16 bits per heavy atom. The summed E-state index contributed by atoms with van der Waals surface area (Å²) in [6, 6.07) is 15.8. The molecule has 4 aromatic rings. The van der Waals surface area contributed by atoms with E-state index in [2.05, 4.69) is 37.3 Å². The van der Waals surface area contributed by atoms with Crippen LogP contribution in [0.2, 0.25) is 5.02 Å². The van der Waals surface area contributed by atoms with E-state index in [4.69, 9.17) is 31.1 Å². The number of hydrogen-bond acceptors (Lipinski definition) is 8. The number of amides is 1. The molecule has 2 aliphatic heterocycles. The average molecular weight is 637 g/mol. The molecular formula is C31H33ClN6O3S2. The third-order valence-electron chi connectivity index (χ3n) is 7.19. The lowest BCUT2D eigenvalue weighted by Gasteiger charge is -2.26. The van der Waals surface area contributed by atoms with E-state index in [1.807, 2.05) is 42.0 Å². The van der Waals surface area contributed by atoms with Crippen LogP contribution in [0.4, 0.5) is 5.69 Å². The molecule has 2 aromatic carbocycles. The summed E-state index contributed by atoms with van der Waals surface area (Å²) < 4.78 is 13.4. The van der Waals surface area contributed by atoms with E-state index in [1.54, 1.807) is 11.6 Å². The van der Waals surface area contributed by atoms with Crippen molar-refractivity contribution in [2.75, 3.05) is 45.1 Å². The Bertz CT molecular complexity index is 1650. The minimum absolute atomic E-state index is 0.0577. The maximum Gasteiger partial charge on any atom is 0.229 e. The molecule has 2 aliphatic rings. The van der Waals surface area contributed by atoms with Gasteiger partial charge in [-0.3, -0.25) is 9.69 Å². The number of nitrogens with one attached hydrogen (secondary N) is 1. The monoisotopic (exact) mass is 636 g/mol. The summed E-state index contributed by atoms with van der Waals surface area (Å²) in [6.07, 6.45) is 2.54. The summed E-state index contributed by atoms with van der Waals surface area (Å²) in [4.78, 5) is 29.3. The molecule has 1 N–H and O–H groups in total. The van der Waals surface area contributed by atoms with Crippen LogP contribution in [-0.4, -0.2) is 75.9 Å². The predicted molar refractivity (Wildman–Crippen MR) is 172 cm³/mol. The van der Waals surface area contributed by atoms with E-state index in [1.165, 1.54) is 16.9 Å². The first-order valence-electron chi connectivity index (χ1n) is 14.2. The lowest BCUT2D eigenvalue weighted by atomic mass is 10.2. The van der Waals surface area contributed by atoms with Gasteiger partial charge in [0.1, 0.15) is 12.4 Å². The molecule has 12 heteroatoms. The topological polar surface area (TPSA) is 93.9 Å². The van der Waals surface area contributed by atoms with Crippen molar-refractivity contribution in [2.45, 2.75) is 24.6 Å². The summed E-state index contributed by atoms with van der Waals surface area (Å²) in [6.45, 7) is 5.82. The number of rotatable bonds is 11. The summed E-state index contributed by atoms with van der Waals surface area (Å²) >= 11 is 8.08. The minimum atomic E-state index is -0.378. The Morgan fingerprint density at radius 3 is 2.81 bits per heavy atom. The van der Waals surface area contributed by atoms with Crippen molar-refractivity contribution in [3.05, 3.63) is 93.1 Å². The highest BCUT2D eigenvalue weighted by atomic mass is 35.5. The highest BCUT2D eigenvalue weighted by Crippen LogP contribution is 2.34. The molecule has 9 nitrogen and oxygen atoms in total. The second kappa shape index (κ2) is 14.4. The number of fused-ring (bicyclic) bond motifs is 1. The van der Waals surface area contributed by atoms with Crippen LogP contribution in [0.3, 0.4) is 0 Å². The fraction of sp³-hybridized carbons (Fsp3) is 0.323. The number of morpholine rings is 1. The van der Waals surface area contributed by atoms with Gasteiger partial charge in [-0.25, -0.2) is 15.0 Å². The van der Waals surface area contributed by atoms with E-state index in [0.29, 0.717) is 53.8 Å². The Balaban J connectivity index is 1.21. The molecule has 0 spiro atoms. The standard InChI is InChI=1S/C31H33ClN6O3S2/c32-27-16-24(6-7-28(27)41-18-25-19-42-22-35-25)36-30-26-8-15-43(20-29(39)33-9-10-37-11-13-40-14-12-37)31(26)38(21-34-30)17-23-4-2-1-3-5-23/h1-7,15-16,19,21-22H,8-14,17-18,20H2,(H,33,39). The number of aromatic nitrogens is 3. The summed E-state index contributed by atoms with van der Waals surface area (Å²) in [5.74, 6) is 1.04. The number of hydrogen-bond donors (Lipinski definition) is 1. The lowest BCUT2D eigenvalue weighted by Crippen LogP contribution is -2.41. The Kier molecular flexibility index (Phi) is 9.96. The molecular weight excluding hydrogens is 604 g/mol. The maximum absolute atomic E-state index is 13.0. The van der Waals surface area contributed by atoms with Crippen molar-refractivity contribution in [3.8, 4) is 5.75 Å². The second-order valence-corrected chi connectivity index (χ2v) is 13.2. The normalized spacial score (nSPS) is 17.0. The zero-order chi connectivity index (χ0) is 29.4. The van der Waals surface area contributed by atoms with E-state index >= 15 is 0 Å². The van der Waals surface area contributed by atoms with E-state index in [0.717, 1.165) is 49.1 Å². The second-order valence-electron chi connectivity index (χ2n) is 10.2. The fourth-order valence-corrected chi connectivity index (χ4v) is 7.86. The number of nitrogens with zero attached hydrogens (tertiary/aromatic N) is 5. The third kappa shape index (κ3) is 7.79. The van der Waals surface area contributed by atoms with Gasteiger partial charge in [-0.15, -0.1) is 21.8 Å². The molecule has 1 fully saturated rings. The van der Waals surface area contributed by atoms with Crippen molar-refractivity contribution in [1.29, 1.82) is 0 Å². The number of benzene rings is 2. The number of carbonyl (C=O) groups excluding carboxylic acids is 1. The van der Waals surface area contributed by atoms with Gasteiger partial charge in [0, 0.05) is 50.1 Å². The van der Waals surface area contributed by atoms with Crippen molar-refractivity contribution >= 4 is 50.4 Å². The average Bonchev–Trinajstić information content (AvgIpc) is 3.70. The quantitative estimate of drug-likeness (QED) is 0.195. The fourth-order valence-electron chi connectivity index (χ4n) is 5.02. The van der Waals surface area contributed by atoms with Crippen LogP contribution in [-0.2, 0) is 29.1 Å². The molecule has 0 radical (unpaired) electrons. The Morgan fingerprint density at radius 2 is 2.02 bits per heavy atom. The molecule has 1 atom stereocenters. The zero-order valence-electron chi connectivity index (χ0n) is 23.7. The first-order chi connectivity index (χ1) is 21.1. The van der Waals surface area contributed by atoms with Crippen molar-refractivity contribution in [1.82, 2.24) is 24.8 Å². The molecule has 4 heterocycles. The highest BCUT2D eigenvalue weighted by molar-refractivity contribution is 8.15. The molecule has 2 aromatic heterocycles. The maximum atomic E-state index is 13.0. The van der Waals surface area contributed by atoms with Crippen LogP contribution in [0.25, 0.3) is 0 Å². The molecule has 1 unspecified atom stereocenters. The molecule has 6 rings (SSSR count). The summed E-state index contributed by atoms with van der Waals surface area (Å²) in [5.41, 5.74) is 6.19. The van der Waals surface area contributed by atoms with Gasteiger partial charge in [-0.2, -0.15) is 0 Å². The van der Waals surface area contributed by atoms with Gasteiger partial charge in [0.2, 0.25) is 5.91 Å². The molecule has 0 saturated carbocycles. The van der Waals surface area contributed by atoms with Gasteiger partial charge in [0.05, 0.1) is 52.2 Å². The van der Waals surface area contributed by atoms with E-state index in [9.17, 15) is 4.79 Å². The first kappa shape index (κ1) is 29.7. The van der Waals surface area contributed by atoms with Crippen LogP contribution in [0.15, 0.2) is 75.8 Å². The lowest BCUT2D eigenvalue weighted by molar-refractivity contribution is -0.118. The SMILES string of the molecule is O=C(CS1=CCc2c1n(Cc1ccccc1)cnc2=Nc1ccc(OCc2cscn2)c(Cl)c1)NCCN1CCOCC1. The van der Waals surface area contributed by atoms with Gasteiger partial charge >= 0.3 is 0 Å². The minimum Gasteiger partial charge on any atom is -0.486 e. The van der Waals surface area contributed by atoms with Crippen LogP contribution in [0, 0.1) is 0 Å². The van der Waals surface area contributed by atoms with Gasteiger partial charge in [-0.05, 0) is 23.8 Å². The molecule has 224 valence electrons. The van der Waals surface area contributed by atoms with Crippen molar-refractivity contribution in [2.24, 2.45) is 4.99 Å². The molecule has 43 heavy (non-hydrogen) atoms. The molecule has 1 saturated heterocycles. The van der Waals surface area contributed by atoms with Crippen molar-refractivity contribution in [3.63, 3.8) is 0 Å². The summed E-state index contributed by atoms with van der Waals surface area (Å²) in [5, 5.41) is 8.89. The number of carbonyl (C=O) groups is 1. The zero-order valence-corrected chi connectivity index (χ0v) is 26.0.